The van der Waals surface area contributed by atoms with Gasteiger partial charge in [0, 0.05) is 38.1 Å². The molecule has 1 aliphatic rings. The summed E-state index contributed by atoms with van der Waals surface area (Å²) in [6.07, 6.45) is 0.815. The molecule has 0 unspecified atom stereocenters. The Labute approximate surface area is 190 Å². The van der Waals surface area contributed by atoms with E-state index < -0.39 is 48.4 Å². The van der Waals surface area contributed by atoms with Crippen molar-refractivity contribution in [3.05, 3.63) is 0 Å². The summed E-state index contributed by atoms with van der Waals surface area (Å²) in [7, 11) is 0. The van der Waals surface area contributed by atoms with Gasteiger partial charge in [-0.15, -0.1) is 0 Å². The van der Waals surface area contributed by atoms with Crippen LogP contribution in [-0.2, 0) is 24.0 Å². The first kappa shape index (κ1) is 28.2. The number of carboxylic acids is 4. The maximum Gasteiger partial charge on any atom is 0.317 e. The molecule has 0 bridgehead atoms. The number of rotatable bonds is 14. The number of carboxylic acid groups (broad SMARTS) is 4. The number of nitrogens with zero attached hydrogens (tertiary/aromatic N) is 4. The van der Waals surface area contributed by atoms with E-state index in [0.717, 1.165) is 0 Å². The van der Waals surface area contributed by atoms with Crippen LogP contribution in [0.25, 0.3) is 0 Å². The minimum absolute atomic E-state index is 0.00137. The van der Waals surface area contributed by atoms with Crippen LogP contribution in [0.2, 0.25) is 0 Å². The Balaban J connectivity index is 3.31. The van der Waals surface area contributed by atoms with Gasteiger partial charge in [0.25, 0.3) is 5.91 Å². The topological polar surface area (TPSA) is 231 Å². The number of hydrazine groups is 2. The van der Waals surface area contributed by atoms with Crippen LogP contribution >= 0.6 is 0 Å². The maximum absolute atomic E-state index is 11.7. The van der Waals surface area contributed by atoms with Crippen LogP contribution < -0.4 is 11.7 Å². The second-order valence-electron chi connectivity index (χ2n) is 8.08. The summed E-state index contributed by atoms with van der Waals surface area (Å²) in [5.74, 6) is 5.03. The molecular weight excluding hydrogens is 444 g/mol. The molecule has 0 radical (unpaired) electrons. The fourth-order valence-electron chi connectivity index (χ4n) is 4.07. The first-order valence-electron chi connectivity index (χ1n) is 10.2. The van der Waals surface area contributed by atoms with Crippen molar-refractivity contribution in [3.63, 3.8) is 0 Å². The molecule has 1 fully saturated rings. The molecular formula is C18H32N6O9. The molecule has 1 heterocycles. The van der Waals surface area contributed by atoms with E-state index in [1.807, 2.05) is 0 Å². The third-order valence-electron chi connectivity index (χ3n) is 5.38. The van der Waals surface area contributed by atoms with Crippen molar-refractivity contribution < 1.29 is 44.4 Å². The highest BCUT2D eigenvalue weighted by Crippen LogP contribution is 2.28. The molecule has 1 saturated heterocycles. The van der Waals surface area contributed by atoms with Crippen molar-refractivity contribution in [3.8, 4) is 0 Å². The van der Waals surface area contributed by atoms with Crippen LogP contribution in [0.15, 0.2) is 0 Å². The molecule has 1 aliphatic heterocycles. The minimum atomic E-state index is -1.29. The first-order chi connectivity index (χ1) is 15.3. The Kier molecular flexibility index (Phi) is 11.1. The average Bonchev–Trinajstić information content (AvgIpc) is 2.82. The first-order valence-corrected chi connectivity index (χ1v) is 10.2. The summed E-state index contributed by atoms with van der Waals surface area (Å²) < 4.78 is 0. The third kappa shape index (κ3) is 10.1. The zero-order valence-corrected chi connectivity index (χ0v) is 18.3. The molecule has 188 valence electrons. The van der Waals surface area contributed by atoms with Gasteiger partial charge in [0.2, 0.25) is 0 Å². The van der Waals surface area contributed by atoms with E-state index in [4.69, 9.17) is 11.7 Å². The maximum atomic E-state index is 11.7. The van der Waals surface area contributed by atoms with E-state index in [1.165, 1.54) is 14.7 Å². The normalized spacial score (nSPS) is 16.8. The number of aliphatic carboxylic acids is 4. The second-order valence-corrected chi connectivity index (χ2v) is 8.08. The molecule has 0 atom stereocenters. The highest BCUT2D eigenvalue weighted by atomic mass is 16.4. The van der Waals surface area contributed by atoms with Gasteiger partial charge in [-0.1, -0.05) is 6.42 Å². The molecule has 33 heavy (non-hydrogen) atoms. The number of carbonyl (C=O) groups is 5. The number of amides is 1. The summed E-state index contributed by atoms with van der Waals surface area (Å²) in [6, 6.07) is 0. The quantitative estimate of drug-likeness (QED) is 0.0640. The minimum Gasteiger partial charge on any atom is -0.480 e. The van der Waals surface area contributed by atoms with Gasteiger partial charge < -0.3 is 20.4 Å². The van der Waals surface area contributed by atoms with Crippen molar-refractivity contribution in [2.45, 2.75) is 31.2 Å². The van der Waals surface area contributed by atoms with E-state index in [9.17, 15) is 44.4 Å². The largest absolute Gasteiger partial charge is 0.480 e. The molecule has 8 N–H and O–H groups in total. The van der Waals surface area contributed by atoms with Gasteiger partial charge in [-0.05, 0) is 12.8 Å². The molecule has 0 spiro atoms. The Morgan fingerprint density at radius 1 is 0.758 bits per heavy atom. The zero-order chi connectivity index (χ0) is 25.2. The third-order valence-corrected chi connectivity index (χ3v) is 5.38. The number of carbonyl (C=O) groups excluding carboxylic acids is 1. The lowest BCUT2D eigenvalue weighted by molar-refractivity contribution is -0.148. The lowest BCUT2D eigenvalue weighted by Gasteiger charge is -2.45. The van der Waals surface area contributed by atoms with Gasteiger partial charge in [0.1, 0.15) is 0 Å². The predicted molar refractivity (Wildman–Crippen MR) is 111 cm³/mol. The van der Waals surface area contributed by atoms with E-state index in [1.54, 1.807) is 0 Å². The number of hydrogen-bond acceptors (Lipinski definition) is 10. The second kappa shape index (κ2) is 13.0. The average molecular weight is 476 g/mol. The summed E-state index contributed by atoms with van der Waals surface area (Å²) in [6.45, 7) is -1.66. The van der Waals surface area contributed by atoms with Crippen LogP contribution in [0, 0.1) is 0 Å². The van der Waals surface area contributed by atoms with Gasteiger partial charge in [0.05, 0.1) is 26.2 Å². The van der Waals surface area contributed by atoms with Crippen molar-refractivity contribution in [2.24, 2.45) is 11.7 Å². The molecule has 1 amide bonds. The zero-order valence-electron chi connectivity index (χ0n) is 18.3. The van der Waals surface area contributed by atoms with Crippen LogP contribution in [0.4, 0.5) is 0 Å². The van der Waals surface area contributed by atoms with Gasteiger partial charge in [-0.2, -0.15) is 0 Å². The Bertz CT molecular complexity index is 690. The molecule has 0 aromatic carbocycles. The molecule has 15 nitrogen and oxygen atoms in total. The molecule has 0 aromatic rings. The van der Waals surface area contributed by atoms with Crippen molar-refractivity contribution in [1.82, 2.24) is 19.8 Å². The molecule has 0 aliphatic carbocycles. The lowest BCUT2D eigenvalue weighted by atomic mass is 9.88. The fourth-order valence-corrected chi connectivity index (χ4v) is 4.07. The van der Waals surface area contributed by atoms with Crippen molar-refractivity contribution in [2.75, 3.05) is 52.4 Å². The summed E-state index contributed by atoms with van der Waals surface area (Å²) in [5, 5.41) is 37.8. The highest BCUT2D eigenvalue weighted by molar-refractivity contribution is 5.75. The SMILES string of the molecule is NN(N)C(=O)CCCCC1(N(CC(=O)O)CC(=O)O)CN(CC(=O)O)CCN(CC(=O)O)C1. The van der Waals surface area contributed by atoms with E-state index >= 15 is 0 Å². The van der Waals surface area contributed by atoms with Crippen LogP contribution in [0.5, 0.6) is 0 Å². The number of hydrogen-bond donors (Lipinski definition) is 6. The monoisotopic (exact) mass is 476 g/mol. The predicted octanol–water partition coefficient (Wildman–Crippen LogP) is -2.88. The molecule has 15 heteroatoms. The van der Waals surface area contributed by atoms with Crippen molar-refractivity contribution in [1.29, 1.82) is 0 Å². The Morgan fingerprint density at radius 2 is 1.21 bits per heavy atom. The van der Waals surface area contributed by atoms with E-state index in [2.05, 4.69) is 0 Å². The summed E-state index contributed by atoms with van der Waals surface area (Å²) >= 11 is 0. The summed E-state index contributed by atoms with van der Waals surface area (Å²) in [5.41, 5.74) is -1.20. The van der Waals surface area contributed by atoms with Crippen LogP contribution in [0.3, 0.4) is 0 Å². The number of unbranched alkanes of at least 4 members (excludes halogenated alkanes) is 1. The Morgan fingerprint density at radius 3 is 1.58 bits per heavy atom. The van der Waals surface area contributed by atoms with Crippen LogP contribution in [-0.4, -0.2) is 128 Å². The highest BCUT2D eigenvalue weighted by Gasteiger charge is 2.43. The summed E-state index contributed by atoms with van der Waals surface area (Å²) in [4.78, 5) is 61.8. The van der Waals surface area contributed by atoms with Crippen molar-refractivity contribution >= 4 is 29.8 Å². The van der Waals surface area contributed by atoms with Gasteiger partial charge in [-0.25, -0.2) is 16.8 Å². The molecule has 0 aromatic heterocycles. The smallest absolute Gasteiger partial charge is 0.317 e. The van der Waals surface area contributed by atoms with E-state index in [-0.39, 0.29) is 52.1 Å². The fraction of sp³-hybridized carbons (Fsp3) is 0.722. The molecule has 0 saturated carbocycles. The van der Waals surface area contributed by atoms with Gasteiger partial charge in [0.15, 0.2) is 0 Å². The van der Waals surface area contributed by atoms with Crippen LogP contribution in [0.1, 0.15) is 25.7 Å². The number of nitrogens with two attached hydrogens (primary N) is 2. The lowest BCUT2D eigenvalue weighted by Crippen LogP contribution is -2.62. The standard InChI is InChI=1S/C18H32N6O9/c19-24(20)13(25)3-1-2-4-18(23(9-16(30)31)10-17(32)33)11-21(7-14(26)27)5-6-22(12-18)8-15(28)29/h1-12,19-20H2,(H,26,27)(H,28,29)(H,30,31)(H,32,33). The van der Waals surface area contributed by atoms with Gasteiger partial charge >= 0.3 is 23.9 Å². The Hall–Kier alpha value is -2.85. The van der Waals surface area contributed by atoms with Gasteiger partial charge in [-0.3, -0.25) is 38.7 Å². The van der Waals surface area contributed by atoms with E-state index in [0.29, 0.717) is 18.0 Å². The molecule has 1 rings (SSSR count).